The number of nitriles is 1. The minimum Gasteiger partial charge on any atom is -0.444 e. The Morgan fingerprint density at radius 1 is 1.20 bits per heavy atom. The Kier molecular flexibility index (Phi) is 8.07. The van der Waals surface area contributed by atoms with Crippen molar-refractivity contribution in [2.24, 2.45) is 0 Å². The summed E-state index contributed by atoms with van der Waals surface area (Å²) in [7, 11) is 1.66. The van der Waals surface area contributed by atoms with Crippen LogP contribution in [0.25, 0.3) is 32.2 Å². The lowest BCUT2D eigenvalue weighted by atomic mass is 9.94. The summed E-state index contributed by atoms with van der Waals surface area (Å²) in [5, 5.41) is 16.9. The molecule has 1 aromatic carbocycles. The molecule has 3 aromatic heterocycles. The van der Waals surface area contributed by atoms with Crippen LogP contribution in [0.2, 0.25) is 0 Å². The number of hydrogen-bond donors (Lipinski definition) is 2. The molecule has 14 heteroatoms. The van der Waals surface area contributed by atoms with Crippen molar-refractivity contribution in [3.05, 3.63) is 40.7 Å². The number of carbonyl (C=O) groups is 1. The highest BCUT2D eigenvalue weighted by molar-refractivity contribution is 7.23. The van der Waals surface area contributed by atoms with E-state index < -0.39 is 23.3 Å². The van der Waals surface area contributed by atoms with Crippen molar-refractivity contribution in [1.29, 1.82) is 5.26 Å². The van der Waals surface area contributed by atoms with Gasteiger partial charge in [0.15, 0.2) is 11.6 Å². The number of aromatic nitrogens is 3. The van der Waals surface area contributed by atoms with Crippen molar-refractivity contribution in [2.45, 2.75) is 71.6 Å². The summed E-state index contributed by atoms with van der Waals surface area (Å²) in [6.07, 6.45) is 1.68. The molecule has 236 valence electrons. The van der Waals surface area contributed by atoms with E-state index in [9.17, 15) is 10.1 Å². The molecule has 2 N–H and O–H groups in total. The lowest BCUT2D eigenvalue weighted by molar-refractivity contribution is 0.0636. The molecule has 5 heterocycles. The third-order valence-electron chi connectivity index (χ3n) is 7.72. The van der Waals surface area contributed by atoms with Gasteiger partial charge in [0.2, 0.25) is 5.95 Å². The Balaban J connectivity index is 1.50. The largest absolute Gasteiger partial charge is 0.444 e. The van der Waals surface area contributed by atoms with Crippen LogP contribution in [0.4, 0.5) is 24.5 Å². The number of fused-ring (bicyclic) bond motifs is 4. The maximum atomic E-state index is 16.8. The molecule has 1 amide bonds. The maximum absolute atomic E-state index is 16.8. The van der Waals surface area contributed by atoms with Gasteiger partial charge in [-0.2, -0.15) is 5.26 Å². The summed E-state index contributed by atoms with van der Waals surface area (Å²) < 4.78 is 48.8. The highest BCUT2D eigenvalue weighted by atomic mass is 32.1. The van der Waals surface area contributed by atoms with E-state index in [1.807, 2.05) is 4.90 Å². The van der Waals surface area contributed by atoms with Gasteiger partial charge in [0.05, 0.1) is 47.5 Å². The van der Waals surface area contributed by atoms with Gasteiger partial charge in [-0.15, -0.1) is 11.3 Å². The normalized spacial score (nSPS) is 18.2. The first-order valence-electron chi connectivity index (χ1n) is 14.5. The molecule has 0 aliphatic carbocycles. The van der Waals surface area contributed by atoms with Crippen molar-refractivity contribution >= 4 is 49.4 Å². The van der Waals surface area contributed by atoms with Crippen molar-refractivity contribution in [3.63, 3.8) is 0 Å². The second-order valence-electron chi connectivity index (χ2n) is 12.4. The van der Waals surface area contributed by atoms with E-state index in [1.165, 1.54) is 0 Å². The molecule has 2 atom stereocenters. The molecule has 2 aliphatic rings. The second kappa shape index (κ2) is 11.7. The fourth-order valence-corrected chi connectivity index (χ4v) is 6.96. The van der Waals surface area contributed by atoms with E-state index >= 15 is 8.78 Å². The standard InChI is InChI=1S/C31H33F2N7O4S/c1-14(2)37-20-10-40(11-21(20)42-6)29-36-8-16-17-12-43-13-18(17)22(24(33)25(16)38-29)26-23-15(7-34)28(39-30(41)44-31(3,4)5)45-27(23)19(32)9-35-26/h8-9,14,20-21,37H,10-13H2,1-6H3,(H,39,41)/t20-,21-/m1/s1. The number of benzene rings is 1. The number of methoxy groups -OCH3 is 1. The van der Waals surface area contributed by atoms with E-state index in [0.29, 0.717) is 35.6 Å². The average molecular weight is 638 g/mol. The Morgan fingerprint density at radius 3 is 2.64 bits per heavy atom. The smallest absolute Gasteiger partial charge is 0.412 e. The van der Waals surface area contributed by atoms with Crippen LogP contribution in [0.1, 0.15) is 51.3 Å². The maximum Gasteiger partial charge on any atom is 0.412 e. The molecule has 0 unspecified atom stereocenters. The molecular formula is C31H33F2N7O4S. The van der Waals surface area contributed by atoms with Gasteiger partial charge in [0.1, 0.15) is 22.2 Å². The van der Waals surface area contributed by atoms with E-state index in [1.54, 1.807) is 34.1 Å². The van der Waals surface area contributed by atoms with Crippen LogP contribution < -0.4 is 15.5 Å². The van der Waals surface area contributed by atoms with Crippen LogP contribution in [-0.4, -0.2) is 65.0 Å². The Labute approximate surface area is 262 Å². The molecule has 0 spiro atoms. The molecule has 6 rings (SSSR count). The minimum absolute atomic E-state index is 0.0336. The van der Waals surface area contributed by atoms with E-state index in [0.717, 1.165) is 17.5 Å². The average Bonchev–Trinajstić information content (AvgIpc) is 3.70. The fourth-order valence-electron chi connectivity index (χ4n) is 5.92. The summed E-state index contributed by atoms with van der Waals surface area (Å²) in [5.41, 5.74) is 0.557. The molecule has 1 fully saturated rings. The Bertz CT molecular complexity index is 1870. The van der Waals surface area contributed by atoms with Crippen molar-refractivity contribution in [3.8, 4) is 17.3 Å². The molecule has 0 radical (unpaired) electrons. The van der Waals surface area contributed by atoms with Crippen molar-refractivity contribution in [2.75, 3.05) is 30.4 Å². The molecular weight excluding hydrogens is 604 g/mol. The van der Waals surface area contributed by atoms with Crippen molar-refractivity contribution in [1.82, 2.24) is 20.3 Å². The first kappa shape index (κ1) is 31.0. The van der Waals surface area contributed by atoms with Crippen LogP contribution in [0, 0.1) is 23.0 Å². The third-order valence-corrected chi connectivity index (χ3v) is 8.83. The quantitative estimate of drug-likeness (QED) is 0.274. The molecule has 11 nitrogen and oxygen atoms in total. The number of pyridine rings is 1. The van der Waals surface area contributed by atoms with Gasteiger partial charge >= 0.3 is 6.09 Å². The summed E-state index contributed by atoms with van der Waals surface area (Å²) in [5.74, 6) is -1.05. The number of amides is 1. The van der Waals surface area contributed by atoms with Gasteiger partial charge in [-0.05, 0) is 31.9 Å². The van der Waals surface area contributed by atoms with Crippen LogP contribution in [0.5, 0.6) is 0 Å². The predicted octanol–water partition coefficient (Wildman–Crippen LogP) is 5.64. The molecule has 0 saturated carbocycles. The molecule has 4 aromatic rings. The van der Waals surface area contributed by atoms with Crippen LogP contribution in [-0.2, 0) is 27.4 Å². The van der Waals surface area contributed by atoms with Gasteiger partial charge in [-0.1, -0.05) is 13.8 Å². The number of nitrogens with one attached hydrogen (secondary N) is 2. The topological polar surface area (TPSA) is 135 Å². The highest BCUT2D eigenvalue weighted by Gasteiger charge is 2.36. The van der Waals surface area contributed by atoms with Crippen molar-refractivity contribution < 1.29 is 27.8 Å². The van der Waals surface area contributed by atoms with Crippen LogP contribution >= 0.6 is 11.3 Å². The number of nitrogens with zero attached hydrogens (tertiary/aromatic N) is 5. The first-order valence-corrected chi connectivity index (χ1v) is 15.3. The fraction of sp³-hybridized carbons (Fsp3) is 0.452. The highest BCUT2D eigenvalue weighted by Crippen LogP contribution is 2.46. The van der Waals surface area contributed by atoms with Crippen LogP contribution in [0.3, 0.4) is 0 Å². The molecule has 1 saturated heterocycles. The number of anilines is 2. The third kappa shape index (κ3) is 5.65. The number of rotatable bonds is 6. The number of thiophene rings is 1. The predicted molar refractivity (Wildman–Crippen MR) is 166 cm³/mol. The van der Waals surface area contributed by atoms with Crippen LogP contribution in [0.15, 0.2) is 12.4 Å². The van der Waals surface area contributed by atoms with E-state index in [4.69, 9.17) is 14.2 Å². The molecule has 2 aliphatic heterocycles. The lowest BCUT2D eigenvalue weighted by Gasteiger charge is -2.20. The summed E-state index contributed by atoms with van der Waals surface area (Å²) in [6, 6.07) is 2.32. The van der Waals surface area contributed by atoms with Gasteiger partial charge in [0, 0.05) is 48.8 Å². The first-order chi connectivity index (χ1) is 21.4. The zero-order valence-electron chi connectivity index (χ0n) is 25.7. The summed E-state index contributed by atoms with van der Waals surface area (Å²) in [4.78, 5) is 28.1. The van der Waals surface area contributed by atoms with Gasteiger partial charge in [-0.25, -0.2) is 23.5 Å². The lowest BCUT2D eigenvalue weighted by Crippen LogP contribution is -2.43. The zero-order chi connectivity index (χ0) is 32.2. The van der Waals surface area contributed by atoms with E-state index in [2.05, 4.69) is 45.5 Å². The Morgan fingerprint density at radius 2 is 1.96 bits per heavy atom. The second-order valence-corrected chi connectivity index (χ2v) is 13.4. The Hall–Kier alpha value is -4.03. The summed E-state index contributed by atoms with van der Waals surface area (Å²) in [6.45, 7) is 10.6. The van der Waals surface area contributed by atoms with Gasteiger partial charge in [-0.3, -0.25) is 10.3 Å². The zero-order valence-corrected chi connectivity index (χ0v) is 26.6. The van der Waals surface area contributed by atoms with E-state index in [-0.39, 0.29) is 68.8 Å². The number of ether oxygens (including phenoxy) is 3. The number of carbonyl (C=O) groups excluding carboxylic acids is 1. The number of halogens is 2. The SMILES string of the molecule is CO[C@@H]1CN(c2ncc3c4c(c(-c5ncc(F)c6sc(NC(=O)OC(C)(C)C)c(C#N)c56)c(F)c3n2)COC4)C[C@H]1NC(C)C. The molecule has 45 heavy (non-hydrogen) atoms. The van der Waals surface area contributed by atoms with Gasteiger partial charge < -0.3 is 24.4 Å². The minimum atomic E-state index is -0.806. The monoisotopic (exact) mass is 637 g/mol. The summed E-state index contributed by atoms with van der Waals surface area (Å²) >= 11 is 0.854. The number of hydrogen-bond acceptors (Lipinski definition) is 11. The van der Waals surface area contributed by atoms with Gasteiger partial charge in [0.25, 0.3) is 0 Å². The molecule has 0 bridgehead atoms.